The lowest BCUT2D eigenvalue weighted by Gasteiger charge is -2.14. The van der Waals surface area contributed by atoms with Gasteiger partial charge in [-0.2, -0.15) is 0 Å². The summed E-state index contributed by atoms with van der Waals surface area (Å²) in [5.41, 5.74) is -8.66. The molecule has 3 nitrogen and oxygen atoms in total. The largest absolute Gasteiger partial charge is 0.309 e. The van der Waals surface area contributed by atoms with Crippen LogP contribution < -0.4 is 0 Å². The standard InChI is InChI=1S/C48H31N3/c1-2-14-32(15-3-1)35-16-4-9-21-42(35)51-46-25-13-8-20-39(46)41-30-33(27-29-47(41)51)50-45-24-12-7-19-38(45)40-28-26-34(31-48(40)50)49-43-22-10-5-17-36(43)37-18-6-11-23-44(37)49/h1-31H/i1D,2D,3D,4D,5D,6D,7D,8D,9D,10D,11D,12D,13D,14D,15D,16D,17D,18D,19D,20D,21D,22D,23D,24D,25D,26D,27D,28D,29D,30D,31D. The molecule has 0 fully saturated rings. The molecule has 0 bridgehead atoms. The summed E-state index contributed by atoms with van der Waals surface area (Å²) >= 11 is 0. The first-order valence-corrected chi connectivity index (χ1v) is 15.0. The summed E-state index contributed by atoms with van der Waals surface area (Å²) in [7, 11) is 0. The molecule has 0 atom stereocenters. The van der Waals surface area contributed by atoms with Crippen molar-refractivity contribution < 1.29 is 42.5 Å². The van der Waals surface area contributed by atoms with Crippen molar-refractivity contribution in [1.82, 2.24) is 13.7 Å². The molecule has 0 aliphatic carbocycles. The van der Waals surface area contributed by atoms with Crippen molar-refractivity contribution in [2.24, 2.45) is 0 Å². The smallest absolute Gasteiger partial charge is 0.0667 e. The highest BCUT2D eigenvalue weighted by Crippen LogP contribution is 2.40. The van der Waals surface area contributed by atoms with E-state index in [1.807, 2.05) is 0 Å². The Balaban J connectivity index is 1.43. The van der Waals surface area contributed by atoms with Crippen molar-refractivity contribution in [3.05, 3.63) is 187 Å². The molecule has 0 N–H and O–H groups in total. The maximum absolute atomic E-state index is 10.2. The van der Waals surface area contributed by atoms with E-state index in [0.717, 1.165) is 4.57 Å². The molecule has 0 aliphatic heterocycles. The highest BCUT2D eigenvalue weighted by molar-refractivity contribution is 6.14. The molecule has 3 heteroatoms. The average Bonchev–Trinajstić information content (AvgIpc) is 1.61. The third kappa shape index (κ3) is 4.06. The van der Waals surface area contributed by atoms with Gasteiger partial charge in [0.25, 0.3) is 0 Å². The fourth-order valence-corrected chi connectivity index (χ4v) is 6.35. The van der Waals surface area contributed by atoms with Crippen LogP contribution in [0.4, 0.5) is 0 Å². The summed E-state index contributed by atoms with van der Waals surface area (Å²) in [6.45, 7) is 0. The molecule has 3 heterocycles. The molecule has 0 radical (unpaired) electrons. The zero-order valence-electron chi connectivity index (χ0n) is 56.3. The molecular weight excluding hydrogens is 619 g/mol. The van der Waals surface area contributed by atoms with Crippen LogP contribution in [0.3, 0.4) is 0 Å². The fraction of sp³-hybridized carbons (Fsp3) is 0. The van der Waals surface area contributed by atoms with E-state index in [-0.39, 0.29) is 0 Å². The van der Waals surface area contributed by atoms with Gasteiger partial charge in [-0.15, -0.1) is 0 Å². The van der Waals surface area contributed by atoms with Gasteiger partial charge in [-0.1, -0.05) is 127 Å². The SMILES string of the molecule is [2H]c1c([2H])c([2H])c(-c2c([2H])c([2H])c([2H])c([2H])c2-n2c3c([2H])c([2H])c([2H])c([2H])c3c3c([2H])c(-n4c5c([2H])c([2H])c([2H])c([2H])c5c5c([2H])c([2H])c(-n6c7c([2H])c([2H])c([2H])c([2H])c7c7c([2H])c([2H])c([2H])c([2H])c76)c([2H])c54)c([2H])c([2H])c32)c([2H])c1[2H]. The molecule has 238 valence electrons. The lowest BCUT2D eigenvalue weighted by Crippen LogP contribution is -1.98. The number of hydrogen-bond donors (Lipinski definition) is 0. The second-order valence-corrected chi connectivity index (χ2v) is 11.0. The monoisotopic (exact) mass is 680 g/mol. The fourth-order valence-electron chi connectivity index (χ4n) is 6.35. The minimum atomic E-state index is -1.16. The first-order chi connectivity index (χ1) is 38.2. The minimum Gasteiger partial charge on any atom is -0.309 e. The van der Waals surface area contributed by atoms with Gasteiger partial charge < -0.3 is 13.7 Å². The van der Waals surface area contributed by atoms with Gasteiger partial charge in [0.05, 0.1) is 81.3 Å². The first-order valence-electron chi connectivity index (χ1n) is 30.5. The topological polar surface area (TPSA) is 14.8 Å². The van der Waals surface area contributed by atoms with E-state index in [2.05, 4.69) is 0 Å². The minimum absolute atomic E-state index is 0.510. The molecule has 3 aromatic heterocycles. The summed E-state index contributed by atoms with van der Waals surface area (Å²) in [4.78, 5) is 0. The van der Waals surface area contributed by atoms with Crippen LogP contribution in [0.15, 0.2) is 187 Å². The van der Waals surface area contributed by atoms with Crippen molar-refractivity contribution in [2.75, 3.05) is 0 Å². The first kappa shape index (κ1) is 11.3. The van der Waals surface area contributed by atoms with E-state index in [0.29, 0.717) is 9.13 Å². The Hall–Kier alpha value is -6.84. The van der Waals surface area contributed by atoms with E-state index >= 15 is 0 Å². The highest BCUT2D eigenvalue weighted by Gasteiger charge is 2.19. The van der Waals surface area contributed by atoms with Crippen LogP contribution in [0.25, 0.3) is 93.6 Å². The van der Waals surface area contributed by atoms with Crippen LogP contribution in [0.1, 0.15) is 42.5 Å². The van der Waals surface area contributed by atoms with E-state index in [1.165, 1.54) is 0 Å². The number of rotatable bonds is 4. The maximum atomic E-state index is 10.2. The Morgan fingerprint density at radius 2 is 0.725 bits per heavy atom. The number of hydrogen-bond acceptors (Lipinski definition) is 0. The Kier molecular flexibility index (Phi) is 2.41. The van der Waals surface area contributed by atoms with Crippen molar-refractivity contribution in [1.29, 1.82) is 0 Å². The van der Waals surface area contributed by atoms with Crippen molar-refractivity contribution >= 4 is 65.4 Å². The third-order valence-corrected chi connectivity index (χ3v) is 8.41. The zero-order valence-corrected chi connectivity index (χ0v) is 25.3. The molecule has 0 amide bonds. The summed E-state index contributed by atoms with van der Waals surface area (Å²) < 4.78 is 283. The van der Waals surface area contributed by atoms with Crippen LogP contribution in [-0.4, -0.2) is 13.7 Å². The molecular formula is C48H31N3. The van der Waals surface area contributed by atoms with Crippen LogP contribution >= 0.6 is 0 Å². The molecule has 51 heavy (non-hydrogen) atoms. The van der Waals surface area contributed by atoms with Crippen LogP contribution in [0.2, 0.25) is 0 Å². The molecule has 0 saturated carbocycles. The summed E-state index contributed by atoms with van der Waals surface area (Å²) in [5.74, 6) is 0. The van der Waals surface area contributed by atoms with Crippen molar-refractivity contribution in [3.63, 3.8) is 0 Å². The third-order valence-electron chi connectivity index (χ3n) is 8.41. The van der Waals surface area contributed by atoms with Gasteiger partial charge in [0.2, 0.25) is 0 Å². The average molecular weight is 681 g/mol. The van der Waals surface area contributed by atoms with E-state index in [1.54, 1.807) is 0 Å². The Morgan fingerprint density at radius 3 is 1.37 bits per heavy atom. The number of fused-ring (bicyclic) bond motifs is 9. The Bertz CT molecular complexity index is 4830. The van der Waals surface area contributed by atoms with Gasteiger partial charge >= 0.3 is 0 Å². The van der Waals surface area contributed by atoms with Gasteiger partial charge in [-0.3, -0.25) is 0 Å². The predicted octanol–water partition coefficient (Wildman–Crippen LogP) is 12.6. The molecule has 8 aromatic carbocycles. The van der Waals surface area contributed by atoms with Crippen LogP contribution in [-0.2, 0) is 0 Å². The lowest BCUT2D eigenvalue weighted by atomic mass is 10.0. The lowest BCUT2D eigenvalue weighted by molar-refractivity contribution is 1.15. The number of para-hydroxylation sites is 5. The van der Waals surface area contributed by atoms with Crippen molar-refractivity contribution in [3.8, 4) is 28.2 Å². The Morgan fingerprint density at radius 1 is 0.294 bits per heavy atom. The second kappa shape index (κ2) is 10.8. The summed E-state index contributed by atoms with van der Waals surface area (Å²) in [5, 5.41) is -3.73. The molecule has 0 saturated heterocycles. The quantitative estimate of drug-likeness (QED) is 0.176. The molecule has 11 aromatic rings. The van der Waals surface area contributed by atoms with Gasteiger partial charge in [0, 0.05) is 49.3 Å². The highest BCUT2D eigenvalue weighted by atomic mass is 15.0. The summed E-state index contributed by atoms with van der Waals surface area (Å²) in [6, 6.07) is -30.0. The van der Waals surface area contributed by atoms with Gasteiger partial charge in [0.1, 0.15) is 0 Å². The second-order valence-electron chi connectivity index (χ2n) is 11.0. The summed E-state index contributed by atoms with van der Waals surface area (Å²) in [6.07, 6.45) is 0. The predicted molar refractivity (Wildman–Crippen MR) is 215 cm³/mol. The molecule has 0 spiro atoms. The Labute approximate surface area is 338 Å². The van der Waals surface area contributed by atoms with Gasteiger partial charge in [-0.05, 0) is 66.0 Å². The van der Waals surface area contributed by atoms with Crippen molar-refractivity contribution in [2.45, 2.75) is 0 Å². The molecule has 0 aliphatic rings. The van der Waals surface area contributed by atoms with Crippen LogP contribution in [0, 0.1) is 0 Å². The van der Waals surface area contributed by atoms with Crippen LogP contribution in [0.5, 0.6) is 0 Å². The van der Waals surface area contributed by atoms with Gasteiger partial charge in [0.15, 0.2) is 0 Å². The molecule has 0 unspecified atom stereocenters. The van der Waals surface area contributed by atoms with E-state index < -0.39 is 281 Å². The van der Waals surface area contributed by atoms with E-state index in [9.17, 15) is 16.4 Å². The van der Waals surface area contributed by atoms with Gasteiger partial charge in [-0.25, -0.2) is 0 Å². The van der Waals surface area contributed by atoms with E-state index in [4.69, 9.17) is 26.0 Å². The number of benzene rings is 8. The molecule has 11 rings (SSSR count). The maximum Gasteiger partial charge on any atom is 0.0667 e. The normalized spacial score (nSPS) is 20.4. The zero-order chi connectivity index (χ0) is 60.4. The number of nitrogens with zero attached hydrogens (tertiary/aromatic N) is 3. The number of aromatic nitrogens is 3.